The molecule has 19 heavy (non-hydrogen) atoms. The first-order chi connectivity index (χ1) is 8.80. The molecule has 0 atom stereocenters. The van der Waals surface area contributed by atoms with Crippen LogP contribution in [-0.4, -0.2) is 22.1 Å². The third-order valence-corrected chi connectivity index (χ3v) is 2.96. The Hall–Kier alpha value is -1.52. The second-order valence-corrected chi connectivity index (χ2v) is 5.80. The summed E-state index contributed by atoms with van der Waals surface area (Å²) in [5.41, 5.74) is 6.50. The minimum Gasteiger partial charge on any atom is -0.461 e. The summed E-state index contributed by atoms with van der Waals surface area (Å²) in [4.78, 5) is 16.1. The number of aromatic nitrogens is 2. The predicted octanol–water partition coefficient (Wildman–Crippen LogP) is 2.64. The Morgan fingerprint density at radius 1 is 1.37 bits per heavy atom. The van der Waals surface area contributed by atoms with Crippen molar-refractivity contribution in [3.05, 3.63) is 11.5 Å². The minimum atomic E-state index is -0.441. The highest BCUT2D eigenvalue weighted by Gasteiger charge is 2.21. The van der Waals surface area contributed by atoms with Gasteiger partial charge in [0.25, 0.3) is 0 Å². The molecule has 0 unspecified atom stereocenters. The number of ether oxygens (including phenoxy) is 1. The summed E-state index contributed by atoms with van der Waals surface area (Å²) in [6.07, 6.45) is 1.72. The van der Waals surface area contributed by atoms with Crippen molar-refractivity contribution < 1.29 is 9.53 Å². The van der Waals surface area contributed by atoms with Crippen LogP contribution in [0.25, 0.3) is 0 Å². The first kappa shape index (κ1) is 15.5. The lowest BCUT2D eigenvalue weighted by atomic mass is 9.92. The number of aryl methyl sites for hydroxylation is 1. The molecule has 1 aromatic rings. The molecule has 1 heterocycles. The molecule has 0 saturated heterocycles. The molecule has 0 radical (unpaired) electrons. The fourth-order valence-electron chi connectivity index (χ4n) is 1.83. The van der Waals surface area contributed by atoms with Crippen molar-refractivity contribution in [2.24, 2.45) is 5.41 Å². The molecule has 5 heteroatoms. The van der Waals surface area contributed by atoms with Gasteiger partial charge in [0.1, 0.15) is 11.6 Å². The second kappa shape index (κ2) is 6.08. The van der Waals surface area contributed by atoms with Crippen LogP contribution < -0.4 is 5.73 Å². The number of esters is 1. The lowest BCUT2D eigenvalue weighted by Gasteiger charge is -2.19. The minimum absolute atomic E-state index is 0.214. The van der Waals surface area contributed by atoms with Gasteiger partial charge in [0.2, 0.25) is 0 Å². The van der Waals surface area contributed by atoms with E-state index in [1.807, 2.05) is 11.5 Å². The first-order valence-electron chi connectivity index (χ1n) is 6.82. The lowest BCUT2D eigenvalue weighted by Crippen LogP contribution is -2.14. The van der Waals surface area contributed by atoms with Crippen LogP contribution in [0.3, 0.4) is 0 Å². The molecule has 0 aliphatic carbocycles. The normalized spacial score (nSPS) is 11.6. The van der Waals surface area contributed by atoms with E-state index in [2.05, 4.69) is 25.8 Å². The Labute approximate surface area is 115 Å². The van der Waals surface area contributed by atoms with E-state index in [1.165, 1.54) is 0 Å². The number of nitrogens with two attached hydrogens (primary N) is 1. The molecule has 2 N–H and O–H groups in total. The monoisotopic (exact) mass is 267 g/mol. The number of rotatable bonds is 5. The van der Waals surface area contributed by atoms with Crippen molar-refractivity contribution in [2.75, 3.05) is 12.3 Å². The summed E-state index contributed by atoms with van der Waals surface area (Å²) in [5, 5.41) is 0. The molecule has 1 aromatic heterocycles. The Balaban J connectivity index is 3.00. The van der Waals surface area contributed by atoms with E-state index >= 15 is 0 Å². The van der Waals surface area contributed by atoms with Crippen LogP contribution in [0.2, 0.25) is 0 Å². The van der Waals surface area contributed by atoms with E-state index < -0.39 is 5.97 Å². The summed E-state index contributed by atoms with van der Waals surface area (Å²) in [6, 6.07) is 0. The fraction of sp³-hybridized carbons (Fsp3) is 0.714. The molecular weight excluding hydrogens is 242 g/mol. The van der Waals surface area contributed by atoms with Crippen LogP contribution in [0, 0.1) is 5.41 Å². The van der Waals surface area contributed by atoms with E-state index in [0.29, 0.717) is 12.4 Å². The molecule has 0 spiro atoms. The van der Waals surface area contributed by atoms with Crippen LogP contribution in [0.15, 0.2) is 0 Å². The van der Waals surface area contributed by atoms with Gasteiger partial charge in [0.05, 0.1) is 6.61 Å². The summed E-state index contributed by atoms with van der Waals surface area (Å²) < 4.78 is 6.90. The topological polar surface area (TPSA) is 70.1 Å². The van der Waals surface area contributed by atoms with Gasteiger partial charge in [-0.3, -0.25) is 0 Å². The maximum atomic E-state index is 11.8. The van der Waals surface area contributed by atoms with Gasteiger partial charge in [-0.25, -0.2) is 9.78 Å². The number of hydrogen-bond acceptors (Lipinski definition) is 4. The Morgan fingerprint density at radius 2 is 2.00 bits per heavy atom. The summed E-state index contributed by atoms with van der Waals surface area (Å²) >= 11 is 0. The molecule has 0 aromatic carbocycles. The summed E-state index contributed by atoms with van der Waals surface area (Å²) in [6.45, 7) is 11.4. The third-order valence-electron chi connectivity index (χ3n) is 2.96. The van der Waals surface area contributed by atoms with Gasteiger partial charge in [0, 0.05) is 13.0 Å². The zero-order valence-electron chi connectivity index (χ0n) is 12.6. The Bertz CT molecular complexity index is 444. The zero-order chi connectivity index (χ0) is 14.6. The van der Waals surface area contributed by atoms with E-state index in [1.54, 1.807) is 6.92 Å². The zero-order valence-corrected chi connectivity index (χ0v) is 12.6. The molecule has 108 valence electrons. The van der Waals surface area contributed by atoms with Crippen molar-refractivity contribution in [1.29, 1.82) is 0 Å². The van der Waals surface area contributed by atoms with Gasteiger partial charge in [-0.1, -0.05) is 27.7 Å². The van der Waals surface area contributed by atoms with Crippen molar-refractivity contribution in [3.8, 4) is 0 Å². The van der Waals surface area contributed by atoms with E-state index in [0.717, 1.165) is 25.2 Å². The van der Waals surface area contributed by atoms with Gasteiger partial charge in [0.15, 0.2) is 5.69 Å². The van der Waals surface area contributed by atoms with Crippen LogP contribution in [-0.2, 0) is 17.7 Å². The number of nitrogen functional groups attached to an aromatic ring is 1. The van der Waals surface area contributed by atoms with Gasteiger partial charge >= 0.3 is 5.97 Å². The Morgan fingerprint density at radius 3 is 2.47 bits per heavy atom. The fourth-order valence-corrected chi connectivity index (χ4v) is 1.83. The average molecular weight is 267 g/mol. The summed E-state index contributed by atoms with van der Waals surface area (Å²) in [7, 11) is 0. The van der Waals surface area contributed by atoms with Crippen molar-refractivity contribution in [2.45, 2.75) is 54.0 Å². The van der Waals surface area contributed by atoms with E-state index in [4.69, 9.17) is 10.5 Å². The number of hydrogen-bond donors (Lipinski definition) is 1. The SMILES string of the molecule is CCOC(=O)c1nc(CC)n(CCC(C)(C)C)c1N. The van der Waals surface area contributed by atoms with E-state index in [-0.39, 0.29) is 11.1 Å². The molecule has 0 amide bonds. The lowest BCUT2D eigenvalue weighted by molar-refractivity contribution is 0.0521. The molecular formula is C14H25N3O2. The van der Waals surface area contributed by atoms with Crippen LogP contribution in [0.1, 0.15) is 57.4 Å². The van der Waals surface area contributed by atoms with Crippen LogP contribution >= 0.6 is 0 Å². The number of imidazole rings is 1. The highest BCUT2D eigenvalue weighted by molar-refractivity contribution is 5.92. The number of nitrogens with zero attached hydrogens (tertiary/aromatic N) is 2. The molecule has 0 aliphatic heterocycles. The maximum absolute atomic E-state index is 11.8. The number of carbonyl (C=O) groups excluding carboxylic acids is 1. The van der Waals surface area contributed by atoms with Gasteiger partial charge in [-0.15, -0.1) is 0 Å². The van der Waals surface area contributed by atoms with Crippen molar-refractivity contribution in [3.63, 3.8) is 0 Å². The van der Waals surface area contributed by atoms with Gasteiger partial charge in [-0.2, -0.15) is 0 Å². The maximum Gasteiger partial charge on any atom is 0.360 e. The van der Waals surface area contributed by atoms with Crippen LogP contribution in [0.4, 0.5) is 5.82 Å². The average Bonchev–Trinajstić information content (AvgIpc) is 2.62. The highest BCUT2D eigenvalue weighted by atomic mass is 16.5. The largest absolute Gasteiger partial charge is 0.461 e. The quantitative estimate of drug-likeness (QED) is 0.833. The van der Waals surface area contributed by atoms with Crippen molar-refractivity contribution in [1.82, 2.24) is 9.55 Å². The molecule has 1 rings (SSSR count). The molecule has 5 nitrogen and oxygen atoms in total. The highest BCUT2D eigenvalue weighted by Crippen LogP contribution is 2.23. The molecule has 0 fully saturated rings. The molecule has 0 saturated carbocycles. The van der Waals surface area contributed by atoms with Gasteiger partial charge in [-0.05, 0) is 18.8 Å². The van der Waals surface area contributed by atoms with Gasteiger partial charge < -0.3 is 15.0 Å². The molecule has 0 aliphatic rings. The Kier molecular flexibility index (Phi) is 4.97. The van der Waals surface area contributed by atoms with Crippen LogP contribution in [0.5, 0.6) is 0 Å². The third kappa shape index (κ3) is 3.98. The smallest absolute Gasteiger partial charge is 0.360 e. The van der Waals surface area contributed by atoms with E-state index in [9.17, 15) is 4.79 Å². The molecule has 0 bridgehead atoms. The number of carbonyl (C=O) groups is 1. The first-order valence-corrected chi connectivity index (χ1v) is 6.82. The standard InChI is InChI=1S/C14H25N3O2/c1-6-10-16-11(13(18)19-7-2)12(15)17(10)9-8-14(3,4)5/h6-9,15H2,1-5H3. The summed E-state index contributed by atoms with van der Waals surface area (Å²) in [5.74, 6) is 0.813. The second-order valence-electron chi connectivity index (χ2n) is 5.80. The van der Waals surface area contributed by atoms with Crippen molar-refractivity contribution >= 4 is 11.8 Å². The number of anilines is 1. The predicted molar refractivity (Wildman–Crippen MR) is 76.0 cm³/mol.